The zero-order valence-corrected chi connectivity index (χ0v) is 16.6. The Kier molecular flexibility index (Phi) is 5.49. The predicted molar refractivity (Wildman–Crippen MR) is 105 cm³/mol. The summed E-state index contributed by atoms with van der Waals surface area (Å²) in [5.74, 6) is 0.351. The number of anilines is 2. The molecule has 2 aromatic rings. The summed E-state index contributed by atoms with van der Waals surface area (Å²) in [6, 6.07) is 8.40. The van der Waals surface area contributed by atoms with E-state index >= 15 is 0 Å². The third kappa shape index (κ3) is 4.54. The molecule has 1 fully saturated rings. The number of carbonyl (C=O) groups excluding carboxylic acids is 1. The van der Waals surface area contributed by atoms with E-state index in [2.05, 4.69) is 39.9 Å². The van der Waals surface area contributed by atoms with E-state index in [-0.39, 0.29) is 17.6 Å². The van der Waals surface area contributed by atoms with E-state index < -0.39 is 5.54 Å². The Balaban J connectivity index is 1.53. The van der Waals surface area contributed by atoms with Gasteiger partial charge in [0.25, 0.3) is 0 Å². The van der Waals surface area contributed by atoms with Gasteiger partial charge in [0.2, 0.25) is 11.0 Å². The van der Waals surface area contributed by atoms with Crippen LogP contribution < -0.4 is 10.6 Å². The maximum Gasteiger partial charge on any atom is 0.231 e. The molecule has 1 heterocycles. The van der Waals surface area contributed by atoms with Gasteiger partial charge >= 0.3 is 0 Å². The molecule has 2 N–H and O–H groups in total. The van der Waals surface area contributed by atoms with Gasteiger partial charge in [-0.05, 0) is 51.2 Å². The number of benzene rings is 1. The molecule has 6 nitrogen and oxygen atoms in total. The van der Waals surface area contributed by atoms with Crippen LogP contribution in [-0.2, 0) is 4.79 Å². The third-order valence-corrected chi connectivity index (χ3v) is 6.35. The minimum atomic E-state index is -0.756. The van der Waals surface area contributed by atoms with Crippen LogP contribution in [0.5, 0.6) is 0 Å². The molecule has 1 atom stereocenters. The first-order valence-corrected chi connectivity index (χ1v) is 10.2. The molecule has 1 aromatic carbocycles. The molecule has 0 saturated heterocycles. The molecule has 0 unspecified atom stereocenters. The zero-order valence-electron chi connectivity index (χ0n) is 15.0. The van der Waals surface area contributed by atoms with Gasteiger partial charge in [-0.15, -0.1) is 10.2 Å². The van der Waals surface area contributed by atoms with E-state index in [0.29, 0.717) is 5.13 Å². The van der Waals surface area contributed by atoms with E-state index in [1.54, 1.807) is 6.92 Å². The van der Waals surface area contributed by atoms with Crippen LogP contribution in [0.3, 0.4) is 0 Å². The Bertz CT molecular complexity index is 856. The normalized spacial score (nSPS) is 15.8. The second-order valence-corrected chi connectivity index (χ2v) is 8.94. The van der Waals surface area contributed by atoms with Crippen molar-refractivity contribution in [2.45, 2.75) is 43.5 Å². The highest BCUT2D eigenvalue weighted by atomic mass is 32.2. The SMILES string of the molecule is Cc1ccc(Nc2nnc(SCC(=O)N[C@](C)(C#N)C3CC3)s2)c(C)c1. The lowest BCUT2D eigenvalue weighted by atomic mass is 9.98. The molecule has 1 aliphatic carbocycles. The van der Waals surface area contributed by atoms with Crippen molar-refractivity contribution in [3.05, 3.63) is 29.3 Å². The van der Waals surface area contributed by atoms with Crippen molar-refractivity contribution in [3.63, 3.8) is 0 Å². The second kappa shape index (κ2) is 7.64. The molecule has 1 aromatic heterocycles. The second-order valence-electron chi connectivity index (χ2n) is 6.74. The van der Waals surface area contributed by atoms with Crippen LogP contribution in [0.25, 0.3) is 0 Å². The smallest absolute Gasteiger partial charge is 0.231 e. The highest BCUT2D eigenvalue weighted by molar-refractivity contribution is 8.01. The number of nitrogens with zero attached hydrogens (tertiary/aromatic N) is 3. The lowest BCUT2D eigenvalue weighted by Crippen LogP contribution is -2.47. The third-order valence-electron chi connectivity index (χ3n) is 4.38. The highest BCUT2D eigenvalue weighted by Crippen LogP contribution is 2.39. The summed E-state index contributed by atoms with van der Waals surface area (Å²) >= 11 is 2.74. The van der Waals surface area contributed by atoms with Gasteiger partial charge in [-0.1, -0.05) is 40.8 Å². The van der Waals surface area contributed by atoms with Crippen LogP contribution in [0.15, 0.2) is 22.5 Å². The molecule has 0 bridgehead atoms. The Morgan fingerprint density at radius 1 is 1.42 bits per heavy atom. The Hall–Kier alpha value is -2.11. The number of carbonyl (C=O) groups is 1. The van der Waals surface area contributed by atoms with Crippen LogP contribution >= 0.6 is 23.1 Å². The number of aryl methyl sites for hydroxylation is 2. The van der Waals surface area contributed by atoms with Gasteiger partial charge in [-0.25, -0.2) is 0 Å². The summed E-state index contributed by atoms with van der Waals surface area (Å²) in [6.07, 6.45) is 2.00. The number of thioether (sulfide) groups is 1. The van der Waals surface area contributed by atoms with E-state index in [9.17, 15) is 10.1 Å². The van der Waals surface area contributed by atoms with Gasteiger partial charge in [-0.3, -0.25) is 4.79 Å². The molecule has 0 aliphatic heterocycles. The summed E-state index contributed by atoms with van der Waals surface area (Å²) in [6.45, 7) is 5.90. The molecule has 0 spiro atoms. The number of rotatable bonds is 7. The standard InChI is InChI=1S/C18H21N5OS2/c1-11-4-7-14(12(2)8-11)20-16-22-23-17(26-16)25-9-15(24)21-18(3,10-19)13-5-6-13/h4,7-8,13H,5-6,9H2,1-3H3,(H,20,22)(H,21,24)/t18-/m1/s1. The van der Waals surface area contributed by atoms with Crippen molar-refractivity contribution >= 4 is 39.8 Å². The van der Waals surface area contributed by atoms with Crippen molar-refractivity contribution in [2.24, 2.45) is 5.92 Å². The van der Waals surface area contributed by atoms with Gasteiger partial charge in [0.15, 0.2) is 4.34 Å². The van der Waals surface area contributed by atoms with Crippen molar-refractivity contribution < 1.29 is 4.79 Å². The van der Waals surface area contributed by atoms with Crippen LogP contribution in [0.1, 0.15) is 30.9 Å². The van der Waals surface area contributed by atoms with Gasteiger partial charge in [-0.2, -0.15) is 5.26 Å². The molecular weight excluding hydrogens is 366 g/mol. The van der Waals surface area contributed by atoms with Gasteiger partial charge in [0, 0.05) is 5.69 Å². The molecule has 8 heteroatoms. The lowest BCUT2D eigenvalue weighted by Gasteiger charge is -2.22. The Labute approximate surface area is 161 Å². The molecule has 0 radical (unpaired) electrons. The largest absolute Gasteiger partial charge is 0.337 e. The molecule has 1 aliphatic rings. The van der Waals surface area contributed by atoms with Crippen LogP contribution in [0.2, 0.25) is 0 Å². The van der Waals surface area contributed by atoms with Crippen LogP contribution in [-0.4, -0.2) is 27.4 Å². The van der Waals surface area contributed by atoms with Gasteiger partial charge < -0.3 is 10.6 Å². The highest BCUT2D eigenvalue weighted by Gasteiger charge is 2.42. The Morgan fingerprint density at radius 3 is 2.85 bits per heavy atom. The minimum Gasteiger partial charge on any atom is -0.337 e. The van der Waals surface area contributed by atoms with E-state index in [4.69, 9.17) is 0 Å². The van der Waals surface area contributed by atoms with Crippen molar-refractivity contribution in [1.29, 1.82) is 5.26 Å². The molecule has 1 saturated carbocycles. The fourth-order valence-corrected chi connectivity index (χ4v) is 4.29. The maximum absolute atomic E-state index is 12.2. The lowest BCUT2D eigenvalue weighted by molar-refractivity contribution is -0.119. The zero-order chi connectivity index (χ0) is 18.7. The van der Waals surface area contributed by atoms with E-state index in [1.165, 1.54) is 28.7 Å². The number of hydrogen-bond donors (Lipinski definition) is 2. The first-order chi connectivity index (χ1) is 12.4. The van der Waals surface area contributed by atoms with Gasteiger partial charge in [0.05, 0.1) is 11.8 Å². The van der Waals surface area contributed by atoms with E-state index in [1.807, 2.05) is 19.1 Å². The summed E-state index contributed by atoms with van der Waals surface area (Å²) < 4.78 is 0.720. The summed E-state index contributed by atoms with van der Waals surface area (Å²) in [4.78, 5) is 12.2. The average Bonchev–Trinajstić information content (AvgIpc) is 3.37. The fourth-order valence-electron chi connectivity index (χ4n) is 2.72. The van der Waals surface area contributed by atoms with Crippen LogP contribution in [0, 0.1) is 31.1 Å². The summed E-state index contributed by atoms with van der Waals surface area (Å²) in [5, 5.41) is 24.4. The van der Waals surface area contributed by atoms with E-state index in [0.717, 1.165) is 28.4 Å². The maximum atomic E-state index is 12.2. The Morgan fingerprint density at radius 2 is 2.19 bits per heavy atom. The topological polar surface area (TPSA) is 90.7 Å². The molecule has 3 rings (SSSR count). The first kappa shape index (κ1) is 18.7. The first-order valence-electron chi connectivity index (χ1n) is 8.42. The van der Waals surface area contributed by atoms with Crippen molar-refractivity contribution in [2.75, 3.05) is 11.1 Å². The average molecular weight is 388 g/mol. The number of nitrogens with one attached hydrogen (secondary N) is 2. The summed E-state index contributed by atoms with van der Waals surface area (Å²) in [5.41, 5.74) is 2.59. The minimum absolute atomic E-state index is 0.148. The summed E-state index contributed by atoms with van der Waals surface area (Å²) in [7, 11) is 0. The number of amides is 1. The predicted octanol–water partition coefficient (Wildman–Crippen LogP) is 3.80. The fraction of sp³-hybridized carbons (Fsp3) is 0.444. The quantitative estimate of drug-likeness (QED) is 0.702. The van der Waals surface area contributed by atoms with Crippen LogP contribution in [0.4, 0.5) is 10.8 Å². The number of hydrogen-bond acceptors (Lipinski definition) is 7. The van der Waals surface area contributed by atoms with Crippen molar-refractivity contribution in [3.8, 4) is 6.07 Å². The molecule has 136 valence electrons. The van der Waals surface area contributed by atoms with Gasteiger partial charge in [0.1, 0.15) is 5.54 Å². The monoisotopic (exact) mass is 387 g/mol. The van der Waals surface area contributed by atoms with Crippen molar-refractivity contribution in [1.82, 2.24) is 15.5 Å². The molecule has 26 heavy (non-hydrogen) atoms. The molecular formula is C18H21N5OS2. The number of aromatic nitrogens is 2. The molecule has 1 amide bonds. The number of nitriles is 1.